The lowest BCUT2D eigenvalue weighted by molar-refractivity contribution is -0.127. The van der Waals surface area contributed by atoms with Gasteiger partial charge < -0.3 is 10.1 Å². The summed E-state index contributed by atoms with van der Waals surface area (Å²) in [6.07, 6.45) is 1.66. The molecule has 1 atom stereocenters. The van der Waals surface area contributed by atoms with Gasteiger partial charge in [-0.25, -0.2) is 4.68 Å². The van der Waals surface area contributed by atoms with E-state index in [-0.39, 0.29) is 11.5 Å². The van der Waals surface area contributed by atoms with Gasteiger partial charge in [-0.15, -0.1) is 0 Å². The highest BCUT2D eigenvalue weighted by Gasteiger charge is 2.25. The van der Waals surface area contributed by atoms with E-state index in [4.69, 9.17) is 4.74 Å². The van der Waals surface area contributed by atoms with Crippen molar-refractivity contribution >= 4 is 5.91 Å². The molecular formula is C20H25N3O3. The number of aromatic nitrogens is 2. The molecule has 138 valence electrons. The Morgan fingerprint density at radius 1 is 1.27 bits per heavy atom. The molecule has 6 nitrogen and oxygen atoms in total. The SMILES string of the molecule is Cc1ccc(OC(C)C(=O)NCCn2nc(C3CC3)ccc2=O)cc1C. The zero-order valence-electron chi connectivity index (χ0n) is 15.5. The molecule has 0 bridgehead atoms. The topological polar surface area (TPSA) is 73.2 Å². The zero-order chi connectivity index (χ0) is 18.7. The molecule has 1 fully saturated rings. The van der Waals surface area contributed by atoms with Crippen LogP contribution in [-0.2, 0) is 11.3 Å². The normalized spacial score (nSPS) is 14.7. The van der Waals surface area contributed by atoms with Crippen LogP contribution in [0.2, 0.25) is 0 Å². The molecule has 3 rings (SSSR count). The first-order chi connectivity index (χ1) is 12.4. The number of carbonyl (C=O) groups excluding carboxylic acids is 1. The Morgan fingerprint density at radius 2 is 2.04 bits per heavy atom. The van der Waals surface area contributed by atoms with Crippen LogP contribution in [0, 0.1) is 13.8 Å². The fraction of sp³-hybridized carbons (Fsp3) is 0.450. The highest BCUT2D eigenvalue weighted by atomic mass is 16.5. The number of benzene rings is 1. The maximum atomic E-state index is 12.2. The molecule has 26 heavy (non-hydrogen) atoms. The number of rotatable bonds is 7. The molecule has 0 saturated heterocycles. The van der Waals surface area contributed by atoms with Crippen LogP contribution in [0.15, 0.2) is 35.1 Å². The van der Waals surface area contributed by atoms with Crippen molar-refractivity contribution in [3.05, 3.63) is 57.5 Å². The summed E-state index contributed by atoms with van der Waals surface area (Å²) in [6.45, 7) is 6.43. The van der Waals surface area contributed by atoms with Crippen molar-refractivity contribution in [2.75, 3.05) is 6.54 Å². The summed E-state index contributed by atoms with van der Waals surface area (Å²) >= 11 is 0. The molecule has 1 heterocycles. The number of aryl methyl sites for hydroxylation is 2. The Hall–Kier alpha value is -2.63. The van der Waals surface area contributed by atoms with Crippen molar-refractivity contribution in [3.63, 3.8) is 0 Å². The maximum Gasteiger partial charge on any atom is 0.266 e. The van der Waals surface area contributed by atoms with Crippen LogP contribution in [0.3, 0.4) is 0 Å². The molecule has 1 aliphatic rings. The Bertz CT molecular complexity index is 856. The van der Waals surface area contributed by atoms with E-state index in [0.717, 1.165) is 24.1 Å². The number of nitrogens with zero attached hydrogens (tertiary/aromatic N) is 2. The summed E-state index contributed by atoms with van der Waals surface area (Å²) in [5.41, 5.74) is 3.11. The first kappa shape index (κ1) is 18.2. The van der Waals surface area contributed by atoms with E-state index < -0.39 is 6.10 Å². The summed E-state index contributed by atoms with van der Waals surface area (Å²) in [6, 6.07) is 9.10. The van der Waals surface area contributed by atoms with Gasteiger partial charge in [-0.3, -0.25) is 9.59 Å². The van der Waals surface area contributed by atoms with E-state index in [1.165, 1.54) is 10.2 Å². The molecule has 1 N–H and O–H groups in total. The minimum Gasteiger partial charge on any atom is -0.481 e. The van der Waals surface area contributed by atoms with Gasteiger partial charge in [-0.1, -0.05) is 6.07 Å². The Balaban J connectivity index is 1.51. The van der Waals surface area contributed by atoms with Crippen molar-refractivity contribution in [2.45, 2.75) is 52.2 Å². The van der Waals surface area contributed by atoms with Crippen LogP contribution in [0.25, 0.3) is 0 Å². The molecule has 1 aromatic carbocycles. The zero-order valence-corrected chi connectivity index (χ0v) is 15.5. The van der Waals surface area contributed by atoms with Gasteiger partial charge in [0, 0.05) is 18.5 Å². The maximum absolute atomic E-state index is 12.2. The van der Waals surface area contributed by atoms with Crippen molar-refractivity contribution in [2.24, 2.45) is 0 Å². The minimum absolute atomic E-state index is 0.150. The average Bonchev–Trinajstić information content (AvgIpc) is 3.44. The molecule has 0 spiro atoms. The van der Waals surface area contributed by atoms with Crippen molar-refractivity contribution in [3.8, 4) is 5.75 Å². The Morgan fingerprint density at radius 3 is 2.73 bits per heavy atom. The lowest BCUT2D eigenvalue weighted by atomic mass is 10.1. The van der Waals surface area contributed by atoms with Gasteiger partial charge in [-0.2, -0.15) is 5.10 Å². The van der Waals surface area contributed by atoms with Crippen molar-refractivity contribution < 1.29 is 9.53 Å². The second-order valence-corrected chi connectivity index (χ2v) is 6.89. The number of ether oxygens (including phenoxy) is 1. The summed E-state index contributed by atoms with van der Waals surface area (Å²) in [4.78, 5) is 24.1. The number of amides is 1. The van der Waals surface area contributed by atoms with E-state index in [1.54, 1.807) is 19.1 Å². The molecule has 1 saturated carbocycles. The average molecular weight is 355 g/mol. The molecule has 1 unspecified atom stereocenters. The highest BCUT2D eigenvalue weighted by molar-refractivity contribution is 5.80. The van der Waals surface area contributed by atoms with Crippen LogP contribution < -0.4 is 15.6 Å². The largest absolute Gasteiger partial charge is 0.481 e. The van der Waals surface area contributed by atoms with E-state index in [0.29, 0.717) is 24.8 Å². The van der Waals surface area contributed by atoms with Crippen LogP contribution in [0.5, 0.6) is 5.75 Å². The van der Waals surface area contributed by atoms with E-state index >= 15 is 0 Å². The van der Waals surface area contributed by atoms with Gasteiger partial charge in [-0.05, 0) is 62.9 Å². The van der Waals surface area contributed by atoms with Gasteiger partial charge in [0.25, 0.3) is 11.5 Å². The number of hydrogen-bond acceptors (Lipinski definition) is 4. The third-order valence-corrected chi connectivity index (χ3v) is 4.67. The van der Waals surface area contributed by atoms with Gasteiger partial charge >= 0.3 is 0 Å². The fourth-order valence-electron chi connectivity index (χ4n) is 2.70. The molecule has 0 aliphatic heterocycles. The first-order valence-corrected chi connectivity index (χ1v) is 9.03. The fourth-order valence-corrected chi connectivity index (χ4v) is 2.70. The molecule has 2 aromatic rings. The van der Waals surface area contributed by atoms with Gasteiger partial charge in [0.05, 0.1) is 12.2 Å². The minimum atomic E-state index is -0.611. The van der Waals surface area contributed by atoms with Gasteiger partial charge in [0.2, 0.25) is 0 Å². The summed E-state index contributed by atoms with van der Waals surface area (Å²) in [7, 11) is 0. The molecule has 1 aromatic heterocycles. The van der Waals surface area contributed by atoms with Crippen molar-refractivity contribution in [1.29, 1.82) is 0 Å². The van der Waals surface area contributed by atoms with Gasteiger partial charge in [0.1, 0.15) is 5.75 Å². The molecular weight excluding hydrogens is 330 g/mol. The van der Waals surface area contributed by atoms with Gasteiger partial charge in [0.15, 0.2) is 6.10 Å². The first-order valence-electron chi connectivity index (χ1n) is 9.03. The Kier molecular flexibility index (Phi) is 5.40. The molecule has 6 heteroatoms. The third kappa shape index (κ3) is 4.50. The quantitative estimate of drug-likeness (QED) is 0.827. The van der Waals surface area contributed by atoms with E-state index in [1.807, 2.05) is 32.0 Å². The summed E-state index contributed by atoms with van der Waals surface area (Å²) in [5.74, 6) is 0.947. The Labute approximate surface area is 153 Å². The monoisotopic (exact) mass is 355 g/mol. The predicted molar refractivity (Wildman–Crippen MR) is 99.5 cm³/mol. The second-order valence-electron chi connectivity index (χ2n) is 6.89. The standard InChI is InChI=1S/C20H25N3O3/c1-13-4-7-17(12-14(13)2)26-15(3)20(25)21-10-11-23-19(24)9-8-18(22-23)16-5-6-16/h4,7-9,12,15-16H,5-6,10-11H2,1-3H3,(H,21,25). The number of hydrogen-bond donors (Lipinski definition) is 1. The number of nitrogens with one attached hydrogen (secondary N) is 1. The second kappa shape index (κ2) is 7.72. The third-order valence-electron chi connectivity index (χ3n) is 4.67. The van der Waals surface area contributed by atoms with E-state index in [9.17, 15) is 9.59 Å². The molecule has 1 aliphatic carbocycles. The van der Waals surface area contributed by atoms with E-state index in [2.05, 4.69) is 10.4 Å². The lowest BCUT2D eigenvalue weighted by Crippen LogP contribution is -2.39. The summed E-state index contributed by atoms with van der Waals surface area (Å²) < 4.78 is 7.12. The highest BCUT2D eigenvalue weighted by Crippen LogP contribution is 2.38. The van der Waals surface area contributed by atoms with Crippen LogP contribution in [0.1, 0.15) is 42.5 Å². The lowest BCUT2D eigenvalue weighted by Gasteiger charge is -2.16. The van der Waals surface area contributed by atoms with Crippen LogP contribution >= 0.6 is 0 Å². The molecule has 0 radical (unpaired) electrons. The number of carbonyl (C=O) groups is 1. The molecule has 1 amide bonds. The smallest absolute Gasteiger partial charge is 0.266 e. The van der Waals surface area contributed by atoms with Crippen LogP contribution in [0.4, 0.5) is 0 Å². The predicted octanol–water partition coefficient (Wildman–Crippen LogP) is 2.32. The van der Waals surface area contributed by atoms with Crippen molar-refractivity contribution in [1.82, 2.24) is 15.1 Å². The summed E-state index contributed by atoms with van der Waals surface area (Å²) in [5, 5.41) is 7.19. The van der Waals surface area contributed by atoms with Crippen LogP contribution in [-0.4, -0.2) is 28.3 Å².